The van der Waals surface area contributed by atoms with E-state index in [1.165, 1.54) is 16.0 Å². The minimum atomic E-state index is -0.0758. The van der Waals surface area contributed by atoms with Crippen LogP contribution in [-0.4, -0.2) is 9.97 Å². The number of benzene rings is 2. The monoisotopic (exact) mass is 310 g/mol. The summed E-state index contributed by atoms with van der Waals surface area (Å²) in [4.78, 5) is 20.8. The van der Waals surface area contributed by atoms with Crippen molar-refractivity contribution in [3.8, 4) is 0 Å². The molecule has 1 heterocycles. The van der Waals surface area contributed by atoms with Crippen molar-refractivity contribution in [2.24, 2.45) is 0 Å². The number of nitrogens with zero attached hydrogens (tertiary/aromatic N) is 1. The Morgan fingerprint density at radius 2 is 1.86 bits per heavy atom. The molecule has 0 fully saturated rings. The molecule has 3 nitrogen and oxygen atoms in total. The number of rotatable bonds is 3. The van der Waals surface area contributed by atoms with Crippen LogP contribution in [0.5, 0.6) is 0 Å². The van der Waals surface area contributed by atoms with Gasteiger partial charge in [-0.1, -0.05) is 18.2 Å². The average Bonchev–Trinajstić information content (AvgIpc) is 2.51. The lowest BCUT2D eigenvalue weighted by Gasteiger charge is -2.12. The number of thioether (sulfide) groups is 1. The molecule has 3 rings (SSSR count). The number of H-pyrrole nitrogens is 1. The summed E-state index contributed by atoms with van der Waals surface area (Å²) in [5.41, 5.74) is 3.23. The van der Waals surface area contributed by atoms with Gasteiger partial charge >= 0.3 is 0 Å². The van der Waals surface area contributed by atoms with Gasteiger partial charge in [0.15, 0.2) is 0 Å². The lowest BCUT2D eigenvalue weighted by atomic mass is 10.1. The van der Waals surface area contributed by atoms with Crippen molar-refractivity contribution in [1.82, 2.24) is 9.97 Å². The van der Waals surface area contributed by atoms with Gasteiger partial charge < -0.3 is 4.98 Å². The van der Waals surface area contributed by atoms with Gasteiger partial charge in [0.05, 0.1) is 16.2 Å². The van der Waals surface area contributed by atoms with Gasteiger partial charge in [-0.05, 0) is 56.2 Å². The van der Waals surface area contributed by atoms with Crippen LogP contribution in [0.1, 0.15) is 29.1 Å². The maximum absolute atomic E-state index is 12.2. The first-order valence-electron chi connectivity index (χ1n) is 7.27. The number of para-hydroxylation sites is 1. The van der Waals surface area contributed by atoms with E-state index in [9.17, 15) is 4.79 Å². The summed E-state index contributed by atoms with van der Waals surface area (Å²) in [5.74, 6) is 0.715. The summed E-state index contributed by atoms with van der Waals surface area (Å²) in [6, 6.07) is 13.8. The van der Waals surface area contributed by atoms with E-state index in [0.717, 1.165) is 5.52 Å². The third-order valence-electron chi connectivity index (χ3n) is 3.81. The first-order valence-corrected chi connectivity index (χ1v) is 8.15. The second kappa shape index (κ2) is 5.97. The summed E-state index contributed by atoms with van der Waals surface area (Å²) in [6.45, 7) is 6.28. The van der Waals surface area contributed by atoms with Crippen LogP contribution in [0.2, 0.25) is 0 Å². The van der Waals surface area contributed by atoms with E-state index in [0.29, 0.717) is 11.2 Å². The number of aromatic nitrogens is 2. The quantitative estimate of drug-likeness (QED) is 0.730. The molecule has 0 aliphatic rings. The van der Waals surface area contributed by atoms with Crippen LogP contribution in [0.25, 0.3) is 10.9 Å². The Bertz CT molecular complexity index is 886. The zero-order chi connectivity index (χ0) is 15.7. The van der Waals surface area contributed by atoms with E-state index < -0.39 is 0 Å². The van der Waals surface area contributed by atoms with Gasteiger partial charge in [0.25, 0.3) is 5.56 Å². The summed E-state index contributed by atoms with van der Waals surface area (Å²) in [5, 5.41) is 0.717. The molecule has 0 aliphatic carbocycles. The van der Waals surface area contributed by atoms with E-state index in [4.69, 9.17) is 0 Å². The van der Waals surface area contributed by atoms with E-state index in [1.807, 2.05) is 18.2 Å². The molecular formula is C18H18N2OS. The summed E-state index contributed by atoms with van der Waals surface area (Å²) >= 11 is 1.70. The second-order valence-corrected chi connectivity index (χ2v) is 6.89. The average molecular weight is 310 g/mol. The van der Waals surface area contributed by atoms with Crippen molar-refractivity contribution < 1.29 is 0 Å². The van der Waals surface area contributed by atoms with Crippen LogP contribution in [0.15, 0.2) is 52.2 Å². The predicted octanol–water partition coefficient (Wildman–Crippen LogP) is 4.39. The largest absolute Gasteiger partial charge is 0.309 e. The van der Waals surface area contributed by atoms with Crippen molar-refractivity contribution in [1.29, 1.82) is 0 Å². The Hall–Kier alpha value is -2.07. The Balaban J connectivity index is 1.93. The van der Waals surface area contributed by atoms with Gasteiger partial charge in [-0.2, -0.15) is 0 Å². The van der Waals surface area contributed by atoms with E-state index >= 15 is 0 Å². The number of aromatic amines is 1. The van der Waals surface area contributed by atoms with Crippen LogP contribution in [0.4, 0.5) is 0 Å². The molecule has 0 saturated heterocycles. The van der Waals surface area contributed by atoms with Gasteiger partial charge in [0.2, 0.25) is 0 Å². The first-order chi connectivity index (χ1) is 10.5. The smallest absolute Gasteiger partial charge is 0.258 e. The number of aryl methyl sites for hydroxylation is 2. The summed E-state index contributed by atoms with van der Waals surface area (Å²) < 4.78 is 0. The van der Waals surface area contributed by atoms with Gasteiger partial charge in [0, 0.05) is 4.90 Å². The number of fused-ring (bicyclic) bond motifs is 1. The molecule has 0 bridgehead atoms. The Labute approximate surface area is 133 Å². The van der Waals surface area contributed by atoms with Crippen molar-refractivity contribution in [2.45, 2.75) is 30.9 Å². The maximum Gasteiger partial charge on any atom is 0.258 e. The molecule has 0 radical (unpaired) electrons. The van der Waals surface area contributed by atoms with Crippen LogP contribution in [-0.2, 0) is 0 Å². The molecule has 1 aromatic heterocycles. The molecule has 2 aromatic carbocycles. The molecule has 1 atom stereocenters. The maximum atomic E-state index is 12.2. The molecule has 112 valence electrons. The van der Waals surface area contributed by atoms with Gasteiger partial charge in [-0.25, -0.2) is 4.98 Å². The van der Waals surface area contributed by atoms with Crippen molar-refractivity contribution in [3.63, 3.8) is 0 Å². The molecule has 0 unspecified atom stereocenters. The molecule has 0 amide bonds. The lowest BCUT2D eigenvalue weighted by Crippen LogP contribution is -2.12. The first kappa shape index (κ1) is 14.9. The minimum Gasteiger partial charge on any atom is -0.309 e. The highest BCUT2D eigenvalue weighted by molar-refractivity contribution is 7.99. The Morgan fingerprint density at radius 1 is 1.09 bits per heavy atom. The number of nitrogens with one attached hydrogen (secondary N) is 1. The second-order valence-electron chi connectivity index (χ2n) is 5.47. The van der Waals surface area contributed by atoms with Crippen LogP contribution < -0.4 is 5.56 Å². The highest BCUT2D eigenvalue weighted by Crippen LogP contribution is 2.33. The molecule has 1 N–H and O–H groups in total. The molecule has 22 heavy (non-hydrogen) atoms. The fraction of sp³-hybridized carbons (Fsp3) is 0.222. The minimum absolute atomic E-state index is 0.0758. The standard InChI is InChI=1S/C18H18N2OS/c1-11-8-9-14(10-12(11)2)22-13(3)17-19-16-7-5-4-6-15(16)18(21)20-17/h4-10,13H,1-3H3,(H,19,20,21)/t13-/m1/s1. The molecule has 0 aliphatic heterocycles. The van der Waals surface area contributed by atoms with Crippen molar-refractivity contribution in [2.75, 3.05) is 0 Å². The zero-order valence-corrected chi connectivity index (χ0v) is 13.7. The van der Waals surface area contributed by atoms with Crippen LogP contribution in [0, 0.1) is 13.8 Å². The van der Waals surface area contributed by atoms with Crippen molar-refractivity contribution >= 4 is 22.7 Å². The fourth-order valence-corrected chi connectivity index (χ4v) is 3.37. The molecule has 4 heteroatoms. The van der Waals surface area contributed by atoms with Crippen LogP contribution in [0.3, 0.4) is 0 Å². The van der Waals surface area contributed by atoms with Gasteiger partial charge in [-0.3, -0.25) is 4.79 Å². The SMILES string of the molecule is Cc1ccc(S[C@H](C)c2nc3ccccc3c(=O)[nH]2)cc1C. The molecule has 0 saturated carbocycles. The Kier molecular flexibility index (Phi) is 4.03. The highest BCUT2D eigenvalue weighted by Gasteiger charge is 2.12. The lowest BCUT2D eigenvalue weighted by molar-refractivity contribution is 0.922. The van der Waals surface area contributed by atoms with Crippen molar-refractivity contribution in [3.05, 3.63) is 69.8 Å². The topological polar surface area (TPSA) is 45.8 Å². The summed E-state index contributed by atoms with van der Waals surface area (Å²) in [7, 11) is 0. The van der Waals surface area contributed by atoms with E-state index in [-0.39, 0.29) is 10.8 Å². The van der Waals surface area contributed by atoms with E-state index in [2.05, 4.69) is 48.9 Å². The Morgan fingerprint density at radius 3 is 2.64 bits per heavy atom. The van der Waals surface area contributed by atoms with Gasteiger partial charge in [0.1, 0.15) is 5.82 Å². The van der Waals surface area contributed by atoms with Crippen LogP contribution >= 0.6 is 11.8 Å². The predicted molar refractivity (Wildman–Crippen MR) is 92.6 cm³/mol. The zero-order valence-electron chi connectivity index (χ0n) is 12.9. The number of hydrogen-bond acceptors (Lipinski definition) is 3. The van der Waals surface area contributed by atoms with E-state index in [1.54, 1.807) is 17.8 Å². The normalized spacial score (nSPS) is 12.5. The molecule has 3 aromatic rings. The van der Waals surface area contributed by atoms with Gasteiger partial charge in [-0.15, -0.1) is 11.8 Å². The highest BCUT2D eigenvalue weighted by atomic mass is 32.2. The summed E-state index contributed by atoms with van der Waals surface area (Å²) in [6.07, 6.45) is 0. The number of hydrogen-bond donors (Lipinski definition) is 1. The molecule has 0 spiro atoms. The third-order valence-corrected chi connectivity index (χ3v) is 4.91. The third kappa shape index (κ3) is 2.92. The molecular weight excluding hydrogens is 292 g/mol. The fourth-order valence-electron chi connectivity index (χ4n) is 2.34.